The maximum atomic E-state index is 2.58. The van der Waals surface area contributed by atoms with Crippen LogP contribution >= 0.6 is 0 Å². The Labute approximate surface area is 115 Å². The van der Waals surface area contributed by atoms with Gasteiger partial charge in [0.1, 0.15) is 0 Å². The van der Waals surface area contributed by atoms with Crippen molar-refractivity contribution in [1.82, 2.24) is 19.6 Å². The van der Waals surface area contributed by atoms with Crippen molar-refractivity contribution in [1.29, 1.82) is 0 Å². The van der Waals surface area contributed by atoms with Gasteiger partial charge in [-0.15, -0.1) is 0 Å². The highest BCUT2D eigenvalue weighted by atomic mass is 15.2. The highest BCUT2D eigenvalue weighted by molar-refractivity contribution is 4.64. The highest BCUT2D eigenvalue weighted by Gasteiger charge is 2.07. The van der Waals surface area contributed by atoms with Gasteiger partial charge in [0.15, 0.2) is 0 Å². The molecular formula is C14H34N4. The van der Waals surface area contributed by atoms with Crippen molar-refractivity contribution < 1.29 is 0 Å². The van der Waals surface area contributed by atoms with Crippen molar-refractivity contribution in [3.63, 3.8) is 0 Å². The summed E-state index contributed by atoms with van der Waals surface area (Å²) in [5.41, 5.74) is 0. The molecule has 0 rings (SSSR count). The zero-order valence-electron chi connectivity index (χ0n) is 13.4. The molecule has 0 aliphatic carbocycles. The zero-order chi connectivity index (χ0) is 14.0. The molecular weight excluding hydrogens is 224 g/mol. The van der Waals surface area contributed by atoms with Crippen LogP contribution in [0.4, 0.5) is 0 Å². The summed E-state index contributed by atoms with van der Waals surface area (Å²) < 4.78 is 0. The summed E-state index contributed by atoms with van der Waals surface area (Å²) in [4.78, 5) is 9.61. The number of rotatable bonds is 11. The van der Waals surface area contributed by atoms with Crippen LogP contribution in [0.1, 0.15) is 13.8 Å². The summed E-state index contributed by atoms with van der Waals surface area (Å²) in [6.07, 6.45) is 0. The maximum absolute atomic E-state index is 2.58. The summed E-state index contributed by atoms with van der Waals surface area (Å²) >= 11 is 0. The van der Waals surface area contributed by atoms with E-state index in [1.165, 1.54) is 32.7 Å². The first-order valence-corrected chi connectivity index (χ1v) is 7.23. The minimum atomic E-state index is 1.14. The molecule has 0 aromatic carbocycles. The highest BCUT2D eigenvalue weighted by Crippen LogP contribution is 1.93. The van der Waals surface area contributed by atoms with Crippen molar-refractivity contribution in [2.45, 2.75) is 13.8 Å². The standard InChI is InChI=1S/C14H34N4/c1-7-16(5)10-13-18(12-9-15(3)4)14-11-17(6)8-2/h7-14H2,1-6H3. The lowest BCUT2D eigenvalue weighted by atomic mass is 10.4. The molecule has 4 heteroatoms. The van der Waals surface area contributed by atoms with Crippen molar-refractivity contribution in [3.05, 3.63) is 0 Å². The van der Waals surface area contributed by atoms with Gasteiger partial charge in [-0.05, 0) is 41.3 Å². The molecule has 0 fully saturated rings. The largest absolute Gasteiger partial charge is 0.308 e. The van der Waals surface area contributed by atoms with Gasteiger partial charge in [0.05, 0.1) is 0 Å². The third-order valence-corrected chi connectivity index (χ3v) is 3.54. The van der Waals surface area contributed by atoms with E-state index in [1.54, 1.807) is 0 Å². The molecule has 0 aliphatic heterocycles. The van der Waals surface area contributed by atoms with Crippen LogP contribution in [0.25, 0.3) is 0 Å². The van der Waals surface area contributed by atoms with Crippen molar-refractivity contribution in [2.24, 2.45) is 0 Å². The third-order valence-electron chi connectivity index (χ3n) is 3.54. The second kappa shape index (κ2) is 10.7. The predicted molar refractivity (Wildman–Crippen MR) is 81.3 cm³/mol. The van der Waals surface area contributed by atoms with Crippen LogP contribution in [0.5, 0.6) is 0 Å². The molecule has 0 amide bonds. The third kappa shape index (κ3) is 9.83. The van der Waals surface area contributed by atoms with Crippen molar-refractivity contribution >= 4 is 0 Å². The van der Waals surface area contributed by atoms with E-state index in [2.05, 4.69) is 61.6 Å². The summed E-state index contributed by atoms with van der Waals surface area (Å²) in [7, 11) is 8.69. The molecule has 0 radical (unpaired) electrons. The summed E-state index contributed by atoms with van der Waals surface area (Å²) in [6.45, 7) is 13.7. The molecule has 4 nitrogen and oxygen atoms in total. The molecule has 0 aromatic heterocycles. The first-order valence-electron chi connectivity index (χ1n) is 7.23. The van der Waals surface area contributed by atoms with E-state index in [9.17, 15) is 0 Å². The monoisotopic (exact) mass is 258 g/mol. The molecule has 0 atom stereocenters. The first kappa shape index (κ1) is 17.8. The number of nitrogens with zero attached hydrogens (tertiary/aromatic N) is 4. The number of hydrogen-bond donors (Lipinski definition) is 0. The molecule has 0 aliphatic rings. The van der Waals surface area contributed by atoms with Gasteiger partial charge in [-0.2, -0.15) is 0 Å². The fourth-order valence-electron chi connectivity index (χ4n) is 1.62. The van der Waals surface area contributed by atoms with Crippen LogP contribution in [0.2, 0.25) is 0 Å². The summed E-state index contributed by atoms with van der Waals surface area (Å²) in [6, 6.07) is 0. The molecule has 0 spiro atoms. The van der Waals surface area contributed by atoms with Gasteiger partial charge < -0.3 is 14.7 Å². The summed E-state index contributed by atoms with van der Waals surface area (Å²) in [5, 5.41) is 0. The molecule has 0 bridgehead atoms. The zero-order valence-corrected chi connectivity index (χ0v) is 13.4. The fraction of sp³-hybridized carbons (Fsp3) is 1.00. The Hall–Kier alpha value is -0.160. The van der Waals surface area contributed by atoms with Gasteiger partial charge in [0, 0.05) is 39.3 Å². The molecule has 0 unspecified atom stereocenters. The van der Waals surface area contributed by atoms with Crippen LogP contribution < -0.4 is 0 Å². The van der Waals surface area contributed by atoms with Gasteiger partial charge in [0.25, 0.3) is 0 Å². The van der Waals surface area contributed by atoms with Crippen LogP contribution in [0, 0.1) is 0 Å². The van der Waals surface area contributed by atoms with E-state index >= 15 is 0 Å². The van der Waals surface area contributed by atoms with E-state index in [-0.39, 0.29) is 0 Å². The molecule has 110 valence electrons. The Bertz CT molecular complexity index is 171. The average molecular weight is 258 g/mol. The predicted octanol–water partition coefficient (Wildman–Crippen LogP) is 0.753. The SMILES string of the molecule is CCN(C)CCN(CCN(C)C)CCN(C)CC. The second-order valence-corrected chi connectivity index (χ2v) is 5.44. The molecule has 0 saturated carbocycles. The number of hydrogen-bond acceptors (Lipinski definition) is 4. The Balaban J connectivity index is 3.98. The molecule has 0 N–H and O–H groups in total. The minimum Gasteiger partial charge on any atom is -0.308 e. The lowest BCUT2D eigenvalue weighted by Crippen LogP contribution is -2.41. The Kier molecular flexibility index (Phi) is 10.6. The van der Waals surface area contributed by atoms with Gasteiger partial charge in [-0.3, -0.25) is 4.90 Å². The van der Waals surface area contributed by atoms with Crippen LogP contribution in [0.15, 0.2) is 0 Å². The topological polar surface area (TPSA) is 13.0 Å². The van der Waals surface area contributed by atoms with Crippen LogP contribution in [-0.2, 0) is 0 Å². The Morgan fingerprint density at radius 1 is 0.556 bits per heavy atom. The lowest BCUT2D eigenvalue weighted by molar-refractivity contribution is 0.189. The van der Waals surface area contributed by atoms with Crippen molar-refractivity contribution in [3.8, 4) is 0 Å². The Morgan fingerprint density at radius 2 is 0.944 bits per heavy atom. The molecule has 0 saturated heterocycles. The van der Waals surface area contributed by atoms with E-state index in [1.807, 2.05) is 0 Å². The second-order valence-electron chi connectivity index (χ2n) is 5.44. The summed E-state index contributed by atoms with van der Waals surface area (Å²) in [5.74, 6) is 0. The van der Waals surface area contributed by atoms with E-state index in [4.69, 9.17) is 0 Å². The Morgan fingerprint density at radius 3 is 1.28 bits per heavy atom. The first-order chi connectivity index (χ1) is 8.49. The molecule has 0 heterocycles. The van der Waals surface area contributed by atoms with Gasteiger partial charge in [-0.1, -0.05) is 13.8 Å². The van der Waals surface area contributed by atoms with Gasteiger partial charge in [-0.25, -0.2) is 0 Å². The minimum absolute atomic E-state index is 1.14. The van der Waals surface area contributed by atoms with Crippen LogP contribution in [0.3, 0.4) is 0 Å². The number of likely N-dealkylation sites (N-methyl/N-ethyl adjacent to an activating group) is 3. The van der Waals surface area contributed by atoms with Gasteiger partial charge in [0.2, 0.25) is 0 Å². The van der Waals surface area contributed by atoms with E-state index in [0.717, 1.165) is 19.6 Å². The van der Waals surface area contributed by atoms with E-state index in [0.29, 0.717) is 0 Å². The quantitative estimate of drug-likeness (QED) is 0.542. The van der Waals surface area contributed by atoms with Gasteiger partial charge >= 0.3 is 0 Å². The van der Waals surface area contributed by atoms with E-state index < -0.39 is 0 Å². The molecule has 0 aromatic rings. The maximum Gasteiger partial charge on any atom is 0.0110 e. The lowest BCUT2D eigenvalue weighted by Gasteiger charge is -2.28. The smallest absolute Gasteiger partial charge is 0.0110 e. The molecule has 18 heavy (non-hydrogen) atoms. The normalized spacial score (nSPS) is 12.3. The van der Waals surface area contributed by atoms with Crippen LogP contribution in [-0.4, -0.2) is 100 Å². The van der Waals surface area contributed by atoms with Crippen molar-refractivity contribution in [2.75, 3.05) is 80.5 Å². The fourth-order valence-corrected chi connectivity index (χ4v) is 1.62. The average Bonchev–Trinajstić information content (AvgIpc) is 2.36.